The fourth-order valence-corrected chi connectivity index (χ4v) is 3.03. The van der Waals surface area contributed by atoms with E-state index in [1.807, 2.05) is 5.51 Å². The van der Waals surface area contributed by atoms with Gasteiger partial charge in [-0.05, 0) is 31.9 Å². The third-order valence-electron chi connectivity index (χ3n) is 3.57. The fraction of sp³-hybridized carbons (Fsp3) is 0.462. The average Bonchev–Trinajstić information content (AvgIpc) is 2.83. The summed E-state index contributed by atoms with van der Waals surface area (Å²) < 4.78 is 6.54. The smallest absolute Gasteiger partial charge is 0.106 e. The second-order valence-corrected chi connectivity index (χ2v) is 5.91. The van der Waals surface area contributed by atoms with Crippen molar-refractivity contribution in [3.63, 3.8) is 0 Å². The van der Waals surface area contributed by atoms with Gasteiger partial charge in [0.1, 0.15) is 5.52 Å². The summed E-state index contributed by atoms with van der Waals surface area (Å²) in [5.74, 6) is 0. The standard InChI is InChI=1S/C13H17N3OS/c1-13(4-6-17-7-5-13)16-9-2-3-10-12(11(9)14)15-8-18-10/h2-3,8,16H,4-7,14H2,1H3. The molecule has 4 nitrogen and oxygen atoms in total. The number of hydrogen-bond acceptors (Lipinski definition) is 5. The molecule has 0 amide bonds. The molecule has 1 aliphatic rings. The minimum absolute atomic E-state index is 0.0655. The molecule has 0 bridgehead atoms. The van der Waals surface area contributed by atoms with Gasteiger partial charge in [-0.25, -0.2) is 4.98 Å². The zero-order chi connectivity index (χ0) is 12.6. The topological polar surface area (TPSA) is 60.2 Å². The zero-order valence-corrected chi connectivity index (χ0v) is 11.2. The molecular formula is C13H17N3OS. The molecular weight excluding hydrogens is 246 g/mol. The number of ether oxygens (including phenoxy) is 1. The van der Waals surface area contributed by atoms with Gasteiger partial charge in [0, 0.05) is 18.8 Å². The number of benzene rings is 1. The molecule has 96 valence electrons. The molecule has 0 spiro atoms. The van der Waals surface area contributed by atoms with Gasteiger partial charge in [-0.3, -0.25) is 0 Å². The molecule has 1 saturated heterocycles. The highest BCUT2D eigenvalue weighted by atomic mass is 32.1. The molecule has 18 heavy (non-hydrogen) atoms. The predicted octanol–water partition coefficient (Wildman–Crippen LogP) is 2.86. The van der Waals surface area contributed by atoms with Crippen LogP contribution in [0.4, 0.5) is 11.4 Å². The van der Waals surface area contributed by atoms with E-state index >= 15 is 0 Å². The van der Waals surface area contributed by atoms with Crippen molar-refractivity contribution in [3.8, 4) is 0 Å². The molecule has 0 aliphatic carbocycles. The van der Waals surface area contributed by atoms with Crippen LogP contribution in [0, 0.1) is 0 Å². The summed E-state index contributed by atoms with van der Waals surface area (Å²) in [6.45, 7) is 3.84. The molecule has 1 aromatic carbocycles. The van der Waals surface area contributed by atoms with Crippen molar-refractivity contribution in [2.45, 2.75) is 25.3 Å². The molecule has 2 heterocycles. The first-order valence-corrected chi connectivity index (χ1v) is 7.04. The van der Waals surface area contributed by atoms with E-state index in [1.165, 1.54) is 0 Å². The van der Waals surface area contributed by atoms with Crippen LogP contribution in [0.25, 0.3) is 10.2 Å². The highest BCUT2D eigenvalue weighted by Gasteiger charge is 2.27. The Morgan fingerprint density at radius 1 is 1.39 bits per heavy atom. The minimum Gasteiger partial charge on any atom is -0.395 e. The Morgan fingerprint density at radius 2 is 2.17 bits per heavy atom. The molecule has 0 atom stereocenters. The van der Waals surface area contributed by atoms with Crippen LogP contribution < -0.4 is 11.1 Å². The molecule has 1 aliphatic heterocycles. The van der Waals surface area contributed by atoms with Gasteiger partial charge in [0.25, 0.3) is 0 Å². The first-order chi connectivity index (χ1) is 8.68. The number of nitrogens with two attached hydrogens (primary N) is 1. The molecule has 3 N–H and O–H groups in total. The molecule has 0 unspecified atom stereocenters. The second kappa shape index (κ2) is 4.40. The Labute approximate surface area is 110 Å². The van der Waals surface area contributed by atoms with Gasteiger partial charge >= 0.3 is 0 Å². The van der Waals surface area contributed by atoms with E-state index in [0.717, 1.165) is 47.6 Å². The highest BCUT2D eigenvalue weighted by Crippen LogP contribution is 2.33. The molecule has 0 saturated carbocycles. The Kier molecular flexibility index (Phi) is 2.87. The normalized spacial score (nSPS) is 18.9. The van der Waals surface area contributed by atoms with Crippen molar-refractivity contribution in [2.75, 3.05) is 24.3 Å². The van der Waals surface area contributed by atoms with E-state index in [4.69, 9.17) is 10.5 Å². The Balaban J connectivity index is 1.92. The van der Waals surface area contributed by atoms with E-state index in [9.17, 15) is 0 Å². The summed E-state index contributed by atoms with van der Waals surface area (Å²) in [5.41, 5.74) is 10.7. The van der Waals surface area contributed by atoms with E-state index < -0.39 is 0 Å². The van der Waals surface area contributed by atoms with Crippen molar-refractivity contribution in [1.82, 2.24) is 4.98 Å². The lowest BCUT2D eigenvalue weighted by Crippen LogP contribution is -2.40. The van der Waals surface area contributed by atoms with Crippen LogP contribution in [-0.4, -0.2) is 23.7 Å². The minimum atomic E-state index is 0.0655. The van der Waals surface area contributed by atoms with Crippen molar-refractivity contribution in [2.24, 2.45) is 0 Å². The van der Waals surface area contributed by atoms with Crippen LogP contribution in [-0.2, 0) is 4.74 Å². The third kappa shape index (κ3) is 2.04. The Morgan fingerprint density at radius 3 is 2.94 bits per heavy atom. The molecule has 1 aromatic heterocycles. The van der Waals surface area contributed by atoms with Crippen molar-refractivity contribution < 1.29 is 4.74 Å². The maximum absolute atomic E-state index is 6.19. The molecule has 1 fully saturated rings. The van der Waals surface area contributed by atoms with E-state index in [1.54, 1.807) is 11.3 Å². The summed E-state index contributed by atoms with van der Waals surface area (Å²) in [6, 6.07) is 4.13. The van der Waals surface area contributed by atoms with Crippen LogP contribution >= 0.6 is 11.3 Å². The second-order valence-electron chi connectivity index (χ2n) is 5.02. The number of thiazole rings is 1. The lowest BCUT2D eigenvalue weighted by Gasteiger charge is -2.35. The molecule has 0 radical (unpaired) electrons. The van der Waals surface area contributed by atoms with E-state index in [0.29, 0.717) is 0 Å². The maximum atomic E-state index is 6.19. The number of nitrogens with one attached hydrogen (secondary N) is 1. The Bertz CT molecular complexity index is 560. The van der Waals surface area contributed by atoms with Gasteiger partial charge in [-0.1, -0.05) is 0 Å². The highest BCUT2D eigenvalue weighted by molar-refractivity contribution is 7.16. The number of rotatable bonds is 2. The fourth-order valence-electron chi connectivity index (χ4n) is 2.33. The summed E-state index contributed by atoms with van der Waals surface area (Å²) in [7, 11) is 0. The monoisotopic (exact) mass is 263 g/mol. The van der Waals surface area contributed by atoms with Gasteiger partial charge in [0.05, 0.1) is 21.6 Å². The first kappa shape index (κ1) is 11.7. The number of nitrogen functional groups attached to an aromatic ring is 1. The van der Waals surface area contributed by atoms with E-state index in [2.05, 4.69) is 29.4 Å². The Hall–Kier alpha value is -1.33. The maximum Gasteiger partial charge on any atom is 0.106 e. The van der Waals surface area contributed by atoms with Gasteiger partial charge < -0.3 is 15.8 Å². The third-order valence-corrected chi connectivity index (χ3v) is 4.37. The summed E-state index contributed by atoms with van der Waals surface area (Å²) in [4.78, 5) is 4.32. The molecule has 3 rings (SSSR count). The van der Waals surface area contributed by atoms with Crippen LogP contribution in [0.3, 0.4) is 0 Å². The summed E-state index contributed by atoms with van der Waals surface area (Å²) in [6.07, 6.45) is 2.00. The van der Waals surface area contributed by atoms with Crippen LogP contribution in [0.5, 0.6) is 0 Å². The van der Waals surface area contributed by atoms with Crippen molar-refractivity contribution >= 4 is 32.9 Å². The number of aromatic nitrogens is 1. The SMILES string of the molecule is CC1(Nc2ccc3scnc3c2N)CCOCC1. The average molecular weight is 263 g/mol. The zero-order valence-electron chi connectivity index (χ0n) is 10.4. The van der Waals surface area contributed by atoms with Gasteiger partial charge in [-0.15, -0.1) is 11.3 Å². The van der Waals surface area contributed by atoms with Crippen LogP contribution in [0.2, 0.25) is 0 Å². The lowest BCUT2D eigenvalue weighted by molar-refractivity contribution is 0.0658. The summed E-state index contributed by atoms with van der Waals surface area (Å²) >= 11 is 1.62. The predicted molar refractivity (Wildman–Crippen MR) is 76.1 cm³/mol. The molecule has 2 aromatic rings. The quantitative estimate of drug-likeness (QED) is 0.818. The van der Waals surface area contributed by atoms with Crippen molar-refractivity contribution in [1.29, 1.82) is 0 Å². The van der Waals surface area contributed by atoms with Crippen molar-refractivity contribution in [3.05, 3.63) is 17.6 Å². The number of nitrogens with zero attached hydrogens (tertiary/aromatic N) is 1. The number of anilines is 2. The van der Waals surface area contributed by atoms with Gasteiger partial charge in [0.2, 0.25) is 0 Å². The van der Waals surface area contributed by atoms with Gasteiger partial charge in [0.15, 0.2) is 0 Å². The summed E-state index contributed by atoms with van der Waals surface area (Å²) in [5, 5.41) is 3.57. The number of fused-ring (bicyclic) bond motifs is 1. The lowest BCUT2D eigenvalue weighted by atomic mass is 9.92. The number of hydrogen-bond donors (Lipinski definition) is 2. The van der Waals surface area contributed by atoms with Gasteiger partial charge in [-0.2, -0.15) is 0 Å². The largest absolute Gasteiger partial charge is 0.395 e. The first-order valence-electron chi connectivity index (χ1n) is 6.16. The van der Waals surface area contributed by atoms with Crippen LogP contribution in [0.15, 0.2) is 17.6 Å². The van der Waals surface area contributed by atoms with E-state index in [-0.39, 0.29) is 5.54 Å². The van der Waals surface area contributed by atoms with Crippen LogP contribution in [0.1, 0.15) is 19.8 Å². The molecule has 5 heteroatoms.